The predicted molar refractivity (Wildman–Crippen MR) is 89.0 cm³/mol. The Balaban J connectivity index is 1.71. The number of benzene rings is 1. The number of amides is 4. The highest BCUT2D eigenvalue weighted by Gasteiger charge is 2.54. The first-order valence-corrected chi connectivity index (χ1v) is 8.39. The SMILES string of the molecule is CC(C(=O)N(C)Cc1ccccc1)N1C(=O)NC2(CCCC2)C1=O. The van der Waals surface area contributed by atoms with Gasteiger partial charge in [0.1, 0.15) is 11.6 Å². The van der Waals surface area contributed by atoms with E-state index in [1.54, 1.807) is 18.9 Å². The summed E-state index contributed by atoms with van der Waals surface area (Å²) < 4.78 is 0. The van der Waals surface area contributed by atoms with Crippen LogP contribution in [0.5, 0.6) is 0 Å². The third kappa shape index (κ3) is 2.77. The molecule has 24 heavy (non-hydrogen) atoms. The first-order chi connectivity index (χ1) is 11.4. The zero-order valence-corrected chi connectivity index (χ0v) is 14.1. The van der Waals surface area contributed by atoms with Gasteiger partial charge in [0.25, 0.3) is 5.91 Å². The summed E-state index contributed by atoms with van der Waals surface area (Å²) in [4.78, 5) is 40.4. The van der Waals surface area contributed by atoms with Crippen LogP contribution < -0.4 is 5.32 Å². The number of nitrogens with one attached hydrogen (secondary N) is 1. The van der Waals surface area contributed by atoms with E-state index in [1.165, 1.54) is 0 Å². The van der Waals surface area contributed by atoms with Crippen LogP contribution in [0.3, 0.4) is 0 Å². The van der Waals surface area contributed by atoms with E-state index >= 15 is 0 Å². The number of imide groups is 1. The predicted octanol–water partition coefficient (Wildman–Crippen LogP) is 1.90. The molecular formula is C18H23N3O3. The van der Waals surface area contributed by atoms with Crippen molar-refractivity contribution in [1.29, 1.82) is 0 Å². The van der Waals surface area contributed by atoms with Crippen molar-refractivity contribution in [2.24, 2.45) is 0 Å². The molecule has 2 fully saturated rings. The van der Waals surface area contributed by atoms with Crippen LogP contribution in [0.25, 0.3) is 0 Å². The standard InChI is InChI=1S/C18H23N3O3/c1-13(15(22)20(2)12-14-8-4-3-5-9-14)21-16(23)18(19-17(21)24)10-6-7-11-18/h3-5,8-9,13H,6-7,10-12H2,1-2H3,(H,19,24). The van der Waals surface area contributed by atoms with Crippen molar-refractivity contribution in [3.8, 4) is 0 Å². The molecule has 4 amide bonds. The van der Waals surface area contributed by atoms with Gasteiger partial charge in [-0.3, -0.25) is 9.59 Å². The van der Waals surface area contributed by atoms with E-state index in [9.17, 15) is 14.4 Å². The van der Waals surface area contributed by atoms with Crippen LogP contribution in [0.15, 0.2) is 30.3 Å². The molecule has 1 unspecified atom stereocenters. The molecule has 3 rings (SSSR count). The molecular weight excluding hydrogens is 306 g/mol. The molecule has 2 aliphatic rings. The fourth-order valence-corrected chi connectivity index (χ4v) is 3.67. The molecule has 0 aromatic heterocycles. The third-order valence-electron chi connectivity index (χ3n) is 5.03. The zero-order chi connectivity index (χ0) is 17.3. The maximum Gasteiger partial charge on any atom is 0.325 e. The normalized spacial score (nSPS) is 20.3. The first kappa shape index (κ1) is 16.5. The van der Waals surface area contributed by atoms with Gasteiger partial charge in [0.05, 0.1) is 0 Å². The zero-order valence-electron chi connectivity index (χ0n) is 14.1. The molecule has 1 aromatic rings. The third-order valence-corrected chi connectivity index (χ3v) is 5.03. The lowest BCUT2D eigenvalue weighted by atomic mass is 9.97. The van der Waals surface area contributed by atoms with E-state index in [0.29, 0.717) is 19.4 Å². The average molecular weight is 329 g/mol. The monoisotopic (exact) mass is 329 g/mol. The summed E-state index contributed by atoms with van der Waals surface area (Å²) in [5, 5.41) is 2.82. The lowest BCUT2D eigenvalue weighted by Crippen LogP contribution is -2.50. The van der Waals surface area contributed by atoms with Crippen molar-refractivity contribution in [2.45, 2.75) is 50.7 Å². The topological polar surface area (TPSA) is 69.7 Å². The molecule has 0 radical (unpaired) electrons. The molecule has 1 spiro atoms. The summed E-state index contributed by atoms with van der Waals surface area (Å²) in [5.74, 6) is -0.489. The summed E-state index contributed by atoms with van der Waals surface area (Å²) in [6.07, 6.45) is 3.18. The molecule has 1 aromatic carbocycles. The molecule has 6 nitrogen and oxygen atoms in total. The van der Waals surface area contributed by atoms with E-state index in [-0.39, 0.29) is 11.8 Å². The van der Waals surface area contributed by atoms with Gasteiger partial charge in [0, 0.05) is 13.6 Å². The van der Waals surface area contributed by atoms with Gasteiger partial charge in [-0.25, -0.2) is 9.69 Å². The Hall–Kier alpha value is -2.37. The maximum atomic E-state index is 12.7. The van der Waals surface area contributed by atoms with Gasteiger partial charge in [0.15, 0.2) is 0 Å². The Bertz CT molecular complexity index is 653. The highest BCUT2D eigenvalue weighted by Crippen LogP contribution is 2.35. The molecule has 1 atom stereocenters. The van der Waals surface area contributed by atoms with E-state index in [1.807, 2.05) is 30.3 Å². The van der Waals surface area contributed by atoms with Gasteiger partial charge >= 0.3 is 6.03 Å². The molecule has 6 heteroatoms. The molecule has 1 saturated heterocycles. The van der Waals surface area contributed by atoms with Crippen molar-refractivity contribution in [2.75, 3.05) is 7.05 Å². The fourth-order valence-electron chi connectivity index (χ4n) is 3.67. The van der Waals surface area contributed by atoms with E-state index in [2.05, 4.69) is 5.32 Å². The Morgan fingerprint density at radius 2 is 1.88 bits per heavy atom. The van der Waals surface area contributed by atoms with Crippen molar-refractivity contribution < 1.29 is 14.4 Å². The highest BCUT2D eigenvalue weighted by atomic mass is 16.2. The maximum absolute atomic E-state index is 12.7. The first-order valence-electron chi connectivity index (χ1n) is 8.39. The van der Waals surface area contributed by atoms with Crippen LogP contribution in [0.2, 0.25) is 0 Å². The van der Waals surface area contributed by atoms with E-state index < -0.39 is 17.6 Å². The van der Waals surface area contributed by atoms with E-state index in [0.717, 1.165) is 23.3 Å². The molecule has 1 saturated carbocycles. The molecule has 1 heterocycles. The summed E-state index contributed by atoms with van der Waals surface area (Å²) >= 11 is 0. The van der Waals surface area contributed by atoms with Gasteiger partial charge in [-0.2, -0.15) is 0 Å². The lowest BCUT2D eigenvalue weighted by Gasteiger charge is -2.27. The second-order valence-corrected chi connectivity index (χ2v) is 6.75. The van der Waals surface area contributed by atoms with Crippen LogP contribution in [0.1, 0.15) is 38.2 Å². The number of urea groups is 1. The minimum atomic E-state index is -0.800. The lowest BCUT2D eigenvalue weighted by molar-refractivity contribution is -0.142. The Morgan fingerprint density at radius 3 is 2.50 bits per heavy atom. The molecule has 0 bridgehead atoms. The molecule has 1 aliphatic heterocycles. The number of hydrogen-bond donors (Lipinski definition) is 1. The summed E-state index contributed by atoms with van der Waals surface area (Å²) in [7, 11) is 1.69. The van der Waals surface area contributed by atoms with Gasteiger partial charge in [0.2, 0.25) is 5.91 Å². The summed E-state index contributed by atoms with van der Waals surface area (Å²) in [6, 6.07) is 8.38. The minimum Gasteiger partial charge on any atom is -0.340 e. The van der Waals surface area contributed by atoms with Gasteiger partial charge in [-0.05, 0) is 25.3 Å². The fraction of sp³-hybridized carbons (Fsp3) is 0.500. The smallest absolute Gasteiger partial charge is 0.325 e. The Morgan fingerprint density at radius 1 is 1.25 bits per heavy atom. The quantitative estimate of drug-likeness (QED) is 0.858. The van der Waals surface area contributed by atoms with Crippen LogP contribution in [-0.2, 0) is 16.1 Å². The number of likely N-dealkylation sites (N-methyl/N-ethyl adjacent to an activating group) is 1. The van der Waals surface area contributed by atoms with Crippen LogP contribution in [0, 0.1) is 0 Å². The Kier molecular flexibility index (Phi) is 4.30. The highest BCUT2D eigenvalue weighted by molar-refractivity contribution is 6.09. The number of carbonyl (C=O) groups is 3. The van der Waals surface area contributed by atoms with Crippen LogP contribution in [0.4, 0.5) is 4.79 Å². The average Bonchev–Trinajstić information content (AvgIpc) is 3.13. The van der Waals surface area contributed by atoms with Gasteiger partial charge in [-0.15, -0.1) is 0 Å². The van der Waals surface area contributed by atoms with Crippen molar-refractivity contribution >= 4 is 17.8 Å². The van der Waals surface area contributed by atoms with E-state index in [4.69, 9.17) is 0 Å². The second kappa shape index (κ2) is 6.26. The summed E-state index contributed by atoms with van der Waals surface area (Å²) in [5.41, 5.74) is 0.230. The Labute approximate surface area is 141 Å². The number of nitrogens with zero attached hydrogens (tertiary/aromatic N) is 2. The second-order valence-electron chi connectivity index (χ2n) is 6.75. The van der Waals surface area contributed by atoms with Crippen molar-refractivity contribution in [1.82, 2.24) is 15.1 Å². The number of hydrogen-bond acceptors (Lipinski definition) is 3. The van der Waals surface area contributed by atoms with Gasteiger partial charge < -0.3 is 10.2 Å². The minimum absolute atomic E-state index is 0.239. The molecule has 1 aliphatic carbocycles. The van der Waals surface area contributed by atoms with Crippen molar-refractivity contribution in [3.63, 3.8) is 0 Å². The number of rotatable bonds is 4. The molecule has 128 valence electrons. The van der Waals surface area contributed by atoms with Gasteiger partial charge in [-0.1, -0.05) is 43.2 Å². The van der Waals surface area contributed by atoms with Crippen LogP contribution >= 0.6 is 0 Å². The van der Waals surface area contributed by atoms with Crippen LogP contribution in [-0.4, -0.2) is 46.3 Å². The summed E-state index contributed by atoms with van der Waals surface area (Å²) in [6.45, 7) is 2.06. The molecule has 1 N–H and O–H groups in total. The van der Waals surface area contributed by atoms with Crippen molar-refractivity contribution in [3.05, 3.63) is 35.9 Å². The largest absolute Gasteiger partial charge is 0.340 e. The number of carbonyl (C=O) groups excluding carboxylic acids is 3.